The average Bonchev–Trinajstić information content (AvgIpc) is 2.28. The van der Waals surface area contributed by atoms with Crippen LogP contribution in [-0.2, 0) is 14.8 Å². The first-order chi connectivity index (χ1) is 8.79. The number of hydrogen-bond donors (Lipinski definition) is 3. The van der Waals surface area contributed by atoms with E-state index >= 15 is 0 Å². The molecule has 0 aromatic heterocycles. The van der Waals surface area contributed by atoms with Gasteiger partial charge in [0.15, 0.2) is 4.91 Å². The number of carboxylic acid groups (broad SMARTS) is 1. The van der Waals surface area contributed by atoms with Gasteiger partial charge >= 0.3 is 5.97 Å². The van der Waals surface area contributed by atoms with Gasteiger partial charge in [0, 0.05) is 11.6 Å². The number of allylic oxidation sites excluding steroid dienone is 1. The molecule has 0 spiro atoms. The molecular weight excluding hydrogens is 268 g/mol. The highest BCUT2D eigenvalue weighted by Crippen LogP contribution is 2.27. The van der Waals surface area contributed by atoms with Gasteiger partial charge in [0.2, 0.25) is 10.0 Å². The van der Waals surface area contributed by atoms with Gasteiger partial charge in [-0.25, -0.2) is 18.4 Å². The van der Waals surface area contributed by atoms with Gasteiger partial charge in [-0.3, -0.25) is 0 Å². The number of sulfonamides is 1. The number of carboxylic acids is 1. The van der Waals surface area contributed by atoms with Gasteiger partial charge in [-0.05, 0) is 12.0 Å². The minimum Gasteiger partial charge on any atom is -0.477 e. The minimum absolute atomic E-state index is 0.247. The summed E-state index contributed by atoms with van der Waals surface area (Å²) in [6, 6.07) is 8.84. The van der Waals surface area contributed by atoms with Gasteiger partial charge in [-0.15, -0.1) is 0 Å². The molecule has 1 aromatic rings. The third kappa shape index (κ3) is 3.55. The Hall–Kier alpha value is -1.86. The molecule has 0 saturated carbocycles. The number of rotatable bonds is 5. The summed E-state index contributed by atoms with van der Waals surface area (Å²) in [4.78, 5) is 10.1. The molecule has 1 rings (SSSR count). The largest absolute Gasteiger partial charge is 0.477 e. The molecule has 7 heteroatoms. The Bertz CT molecular complexity index is 593. The first-order valence-corrected chi connectivity index (χ1v) is 7.14. The number of benzene rings is 1. The summed E-state index contributed by atoms with van der Waals surface area (Å²) in [7, 11) is -4.37. The molecule has 1 atom stereocenters. The molecule has 0 heterocycles. The fourth-order valence-corrected chi connectivity index (χ4v) is 2.60. The summed E-state index contributed by atoms with van der Waals surface area (Å²) in [5.74, 6) is -2.15. The van der Waals surface area contributed by atoms with Crippen molar-refractivity contribution >= 4 is 16.0 Å². The van der Waals surface area contributed by atoms with Crippen LogP contribution in [0.25, 0.3) is 0 Å². The van der Waals surface area contributed by atoms with Crippen LogP contribution >= 0.6 is 0 Å². The SMILES string of the molecule is CCC(/C(N)=C(/C(=O)O)S(N)(=O)=O)c1ccccc1. The maximum Gasteiger partial charge on any atom is 0.350 e. The molecule has 19 heavy (non-hydrogen) atoms. The molecule has 0 aliphatic carbocycles. The zero-order chi connectivity index (χ0) is 14.6. The van der Waals surface area contributed by atoms with Crippen LogP contribution in [-0.4, -0.2) is 19.5 Å². The Morgan fingerprint density at radius 3 is 2.21 bits per heavy atom. The van der Waals surface area contributed by atoms with Gasteiger partial charge in [0.25, 0.3) is 0 Å². The van der Waals surface area contributed by atoms with Gasteiger partial charge in [-0.2, -0.15) is 0 Å². The molecule has 0 fully saturated rings. The molecule has 1 unspecified atom stereocenters. The Balaban J connectivity index is 3.42. The maximum atomic E-state index is 11.3. The van der Waals surface area contributed by atoms with Gasteiger partial charge in [0.05, 0.1) is 0 Å². The van der Waals surface area contributed by atoms with Crippen LogP contribution in [0.2, 0.25) is 0 Å². The third-order valence-corrected chi connectivity index (χ3v) is 3.71. The lowest BCUT2D eigenvalue weighted by molar-refractivity contribution is -0.131. The maximum absolute atomic E-state index is 11.3. The average molecular weight is 284 g/mol. The van der Waals surface area contributed by atoms with Gasteiger partial charge in [0.1, 0.15) is 0 Å². The first-order valence-electron chi connectivity index (χ1n) is 5.59. The second-order valence-electron chi connectivity index (χ2n) is 4.01. The lowest BCUT2D eigenvalue weighted by Crippen LogP contribution is -2.27. The van der Waals surface area contributed by atoms with Crippen LogP contribution in [0.15, 0.2) is 40.9 Å². The van der Waals surface area contributed by atoms with Crippen molar-refractivity contribution in [3.63, 3.8) is 0 Å². The zero-order valence-electron chi connectivity index (χ0n) is 10.4. The second-order valence-corrected chi connectivity index (χ2v) is 5.50. The molecule has 0 radical (unpaired) electrons. The van der Waals surface area contributed by atoms with Crippen molar-refractivity contribution < 1.29 is 18.3 Å². The summed E-state index contributed by atoms with van der Waals surface area (Å²) in [6.07, 6.45) is 0.460. The topological polar surface area (TPSA) is 123 Å². The molecule has 0 saturated heterocycles. The van der Waals surface area contributed by atoms with E-state index in [0.717, 1.165) is 5.56 Å². The molecule has 6 nitrogen and oxygen atoms in total. The lowest BCUT2D eigenvalue weighted by Gasteiger charge is -2.17. The van der Waals surface area contributed by atoms with E-state index in [0.29, 0.717) is 6.42 Å². The molecule has 0 bridgehead atoms. The number of nitrogens with two attached hydrogens (primary N) is 2. The van der Waals surface area contributed by atoms with Crippen molar-refractivity contribution in [3.05, 3.63) is 46.5 Å². The zero-order valence-corrected chi connectivity index (χ0v) is 11.2. The summed E-state index contributed by atoms with van der Waals surface area (Å²) in [5.41, 5.74) is 6.23. The fraction of sp³-hybridized carbons (Fsp3) is 0.250. The number of aliphatic carboxylic acids is 1. The predicted molar refractivity (Wildman–Crippen MR) is 71.4 cm³/mol. The Labute approximate surface area is 111 Å². The number of hydrogen-bond acceptors (Lipinski definition) is 4. The standard InChI is InChI=1S/C12H16N2O4S/c1-2-9(8-6-4-3-5-7-8)10(13)11(12(15)16)19(14,17)18/h3-7,9H,2,13H2,1H3,(H,15,16)(H2,14,17,18)/b11-10+. The molecule has 0 aliphatic heterocycles. The van der Waals surface area contributed by atoms with Gasteiger partial charge in [-0.1, -0.05) is 37.3 Å². The Morgan fingerprint density at radius 1 is 1.32 bits per heavy atom. The lowest BCUT2D eigenvalue weighted by atomic mass is 9.93. The van der Waals surface area contributed by atoms with E-state index in [1.54, 1.807) is 37.3 Å². The molecule has 1 aromatic carbocycles. The van der Waals surface area contributed by atoms with Gasteiger partial charge < -0.3 is 10.8 Å². The molecule has 104 valence electrons. The number of carbonyl (C=O) groups is 1. The van der Waals surface area contributed by atoms with Crippen LogP contribution in [0.3, 0.4) is 0 Å². The third-order valence-electron chi connectivity index (χ3n) is 2.73. The first kappa shape index (κ1) is 15.2. The fourth-order valence-electron chi connectivity index (χ4n) is 1.89. The van der Waals surface area contributed by atoms with E-state index in [-0.39, 0.29) is 5.70 Å². The monoisotopic (exact) mass is 284 g/mol. The quantitative estimate of drug-likeness (QED) is 0.687. The molecule has 0 aliphatic rings. The van der Waals surface area contributed by atoms with Crippen molar-refractivity contribution in [1.29, 1.82) is 0 Å². The molecule has 0 amide bonds. The van der Waals surface area contributed by atoms with E-state index in [4.69, 9.17) is 16.0 Å². The van der Waals surface area contributed by atoms with Crippen LogP contribution in [0.4, 0.5) is 0 Å². The second kappa shape index (κ2) is 5.85. The summed E-state index contributed by atoms with van der Waals surface area (Å²) in [5, 5.41) is 13.9. The Kier molecular flexibility index (Phi) is 4.68. The smallest absolute Gasteiger partial charge is 0.350 e. The summed E-state index contributed by atoms with van der Waals surface area (Å²) in [6.45, 7) is 1.78. The molecular formula is C12H16N2O4S. The van der Waals surface area contributed by atoms with Crippen molar-refractivity contribution in [1.82, 2.24) is 0 Å². The van der Waals surface area contributed by atoms with Crippen LogP contribution in [0, 0.1) is 0 Å². The Morgan fingerprint density at radius 2 is 1.84 bits per heavy atom. The highest BCUT2D eigenvalue weighted by atomic mass is 32.2. The summed E-state index contributed by atoms with van der Waals surface area (Å²) >= 11 is 0. The van der Waals surface area contributed by atoms with E-state index in [9.17, 15) is 13.2 Å². The predicted octanol–water partition coefficient (Wildman–Crippen LogP) is 0.724. The van der Waals surface area contributed by atoms with Crippen LogP contribution < -0.4 is 10.9 Å². The van der Waals surface area contributed by atoms with E-state index < -0.39 is 26.8 Å². The molecule has 5 N–H and O–H groups in total. The summed E-state index contributed by atoms with van der Waals surface area (Å²) < 4.78 is 22.7. The van der Waals surface area contributed by atoms with E-state index in [1.165, 1.54) is 0 Å². The van der Waals surface area contributed by atoms with E-state index in [1.807, 2.05) is 0 Å². The highest BCUT2D eigenvalue weighted by molar-refractivity contribution is 7.94. The highest BCUT2D eigenvalue weighted by Gasteiger charge is 2.28. The van der Waals surface area contributed by atoms with Crippen molar-refractivity contribution in [2.75, 3.05) is 0 Å². The van der Waals surface area contributed by atoms with E-state index in [2.05, 4.69) is 0 Å². The number of primary sulfonamides is 1. The van der Waals surface area contributed by atoms with Crippen LogP contribution in [0.5, 0.6) is 0 Å². The minimum atomic E-state index is -4.37. The van der Waals surface area contributed by atoms with Crippen molar-refractivity contribution in [2.45, 2.75) is 19.3 Å². The van der Waals surface area contributed by atoms with Crippen molar-refractivity contribution in [2.24, 2.45) is 10.9 Å². The van der Waals surface area contributed by atoms with Crippen LogP contribution in [0.1, 0.15) is 24.8 Å². The normalized spacial score (nSPS) is 14.6. The van der Waals surface area contributed by atoms with Crippen molar-refractivity contribution in [3.8, 4) is 0 Å².